The molecular weight excluding hydrogens is 358 g/mol. The fourth-order valence-electron chi connectivity index (χ4n) is 3.79. The largest absolute Gasteiger partial charge is 0.496 e. The number of hydrogen-bond acceptors (Lipinski definition) is 4. The van der Waals surface area contributed by atoms with Crippen molar-refractivity contribution in [2.24, 2.45) is 0 Å². The molecule has 1 aliphatic rings. The number of ether oxygens (including phenoxy) is 1. The molecular formula is C22H29NO3S. The van der Waals surface area contributed by atoms with Crippen LogP contribution in [0.2, 0.25) is 0 Å². The Balaban J connectivity index is 1.75. The smallest absolute Gasteiger partial charge is 0.175 e. The highest BCUT2D eigenvalue weighted by Gasteiger charge is 2.33. The zero-order chi connectivity index (χ0) is 19.8. The summed E-state index contributed by atoms with van der Waals surface area (Å²) >= 11 is 0. The predicted octanol–water partition coefficient (Wildman–Crippen LogP) is 4.13. The molecule has 27 heavy (non-hydrogen) atoms. The van der Waals surface area contributed by atoms with Gasteiger partial charge in [-0.25, -0.2) is 8.42 Å². The minimum Gasteiger partial charge on any atom is -0.496 e. The fourth-order valence-corrected chi connectivity index (χ4v) is 4.76. The van der Waals surface area contributed by atoms with Crippen LogP contribution in [0, 0.1) is 6.92 Å². The third-order valence-corrected chi connectivity index (χ3v) is 6.88. The lowest BCUT2D eigenvalue weighted by Crippen LogP contribution is -2.40. The Kier molecular flexibility index (Phi) is 5.37. The van der Waals surface area contributed by atoms with Gasteiger partial charge in [-0.05, 0) is 68.0 Å². The van der Waals surface area contributed by atoms with Crippen molar-refractivity contribution in [3.8, 4) is 5.75 Å². The minimum atomic E-state index is -3.20. The summed E-state index contributed by atoms with van der Waals surface area (Å²) in [6, 6.07) is 12.0. The first kappa shape index (κ1) is 19.9. The zero-order valence-electron chi connectivity index (χ0n) is 16.9. The Hall–Kier alpha value is -1.85. The van der Waals surface area contributed by atoms with Crippen LogP contribution in [-0.4, -0.2) is 32.2 Å². The number of nitrogens with zero attached hydrogens (tertiary/aromatic N) is 1. The molecule has 0 fully saturated rings. The van der Waals surface area contributed by atoms with E-state index in [1.165, 1.54) is 11.8 Å². The van der Waals surface area contributed by atoms with E-state index in [-0.39, 0.29) is 5.54 Å². The maximum absolute atomic E-state index is 12.1. The summed E-state index contributed by atoms with van der Waals surface area (Å²) in [5.74, 6) is 0.927. The van der Waals surface area contributed by atoms with Gasteiger partial charge in [-0.15, -0.1) is 0 Å². The van der Waals surface area contributed by atoms with Crippen molar-refractivity contribution < 1.29 is 13.2 Å². The van der Waals surface area contributed by atoms with Crippen molar-refractivity contribution in [1.82, 2.24) is 4.90 Å². The Bertz CT molecular complexity index is 948. The van der Waals surface area contributed by atoms with E-state index < -0.39 is 9.84 Å². The molecule has 0 aliphatic carbocycles. The SMILES string of the molecule is COc1cc(CCC(C)(C)N2Cc3cccc(S(C)(=O)=O)c3C2)ccc1C. The van der Waals surface area contributed by atoms with E-state index in [1.54, 1.807) is 13.2 Å². The van der Waals surface area contributed by atoms with E-state index in [0.717, 1.165) is 41.8 Å². The molecule has 0 unspecified atom stereocenters. The third kappa shape index (κ3) is 4.19. The average molecular weight is 388 g/mol. The summed E-state index contributed by atoms with van der Waals surface area (Å²) in [4.78, 5) is 2.86. The van der Waals surface area contributed by atoms with E-state index in [1.807, 2.05) is 19.1 Å². The van der Waals surface area contributed by atoms with Crippen molar-refractivity contribution in [3.63, 3.8) is 0 Å². The van der Waals surface area contributed by atoms with E-state index in [2.05, 4.69) is 36.9 Å². The third-order valence-electron chi connectivity index (χ3n) is 5.69. The molecule has 0 saturated heterocycles. The summed E-state index contributed by atoms with van der Waals surface area (Å²) in [5.41, 5.74) is 4.46. The van der Waals surface area contributed by atoms with Crippen LogP contribution in [0.1, 0.15) is 42.5 Å². The number of hydrogen-bond donors (Lipinski definition) is 0. The number of sulfone groups is 1. The molecule has 0 amide bonds. The number of fused-ring (bicyclic) bond motifs is 1. The highest BCUT2D eigenvalue weighted by molar-refractivity contribution is 7.90. The van der Waals surface area contributed by atoms with Gasteiger partial charge in [0, 0.05) is 24.9 Å². The monoisotopic (exact) mass is 387 g/mol. The zero-order valence-corrected chi connectivity index (χ0v) is 17.7. The molecule has 146 valence electrons. The van der Waals surface area contributed by atoms with Gasteiger partial charge >= 0.3 is 0 Å². The van der Waals surface area contributed by atoms with Crippen LogP contribution in [0.15, 0.2) is 41.3 Å². The van der Waals surface area contributed by atoms with Crippen LogP contribution in [0.5, 0.6) is 5.75 Å². The van der Waals surface area contributed by atoms with Crippen LogP contribution in [0.25, 0.3) is 0 Å². The highest BCUT2D eigenvalue weighted by atomic mass is 32.2. The first-order chi connectivity index (χ1) is 12.6. The standard InChI is InChI=1S/C22H29NO3S/c1-16-9-10-17(13-20(16)26-4)11-12-22(2,3)23-14-18-7-6-8-21(19(18)15-23)27(5,24)25/h6-10,13H,11-12,14-15H2,1-5H3. The van der Waals surface area contributed by atoms with Crippen LogP contribution >= 0.6 is 0 Å². The van der Waals surface area contributed by atoms with Crippen molar-refractivity contribution in [3.05, 3.63) is 58.7 Å². The van der Waals surface area contributed by atoms with Gasteiger partial charge in [0.15, 0.2) is 9.84 Å². The molecule has 0 spiro atoms. The number of methoxy groups -OCH3 is 1. The minimum absolute atomic E-state index is 0.0358. The molecule has 0 saturated carbocycles. The maximum Gasteiger partial charge on any atom is 0.175 e. The van der Waals surface area contributed by atoms with Crippen LogP contribution < -0.4 is 4.74 Å². The van der Waals surface area contributed by atoms with E-state index in [4.69, 9.17) is 4.74 Å². The van der Waals surface area contributed by atoms with Gasteiger partial charge in [0.05, 0.1) is 12.0 Å². The maximum atomic E-state index is 12.1. The van der Waals surface area contributed by atoms with Crippen molar-refractivity contribution >= 4 is 9.84 Å². The molecule has 2 aromatic rings. The molecule has 0 bridgehead atoms. The van der Waals surface area contributed by atoms with Crippen molar-refractivity contribution in [2.75, 3.05) is 13.4 Å². The number of benzene rings is 2. The van der Waals surface area contributed by atoms with E-state index in [9.17, 15) is 8.42 Å². The first-order valence-electron chi connectivity index (χ1n) is 9.31. The summed E-state index contributed by atoms with van der Waals surface area (Å²) in [5, 5.41) is 0. The summed E-state index contributed by atoms with van der Waals surface area (Å²) in [6.07, 6.45) is 3.23. The van der Waals surface area contributed by atoms with Crippen molar-refractivity contribution in [1.29, 1.82) is 0 Å². The normalized spacial score (nSPS) is 15.0. The Morgan fingerprint density at radius 1 is 1.15 bits per heavy atom. The Morgan fingerprint density at radius 2 is 1.89 bits per heavy atom. The molecule has 0 N–H and O–H groups in total. The fraction of sp³-hybridized carbons (Fsp3) is 0.455. The summed E-state index contributed by atoms with van der Waals surface area (Å²) < 4.78 is 29.7. The lowest BCUT2D eigenvalue weighted by Gasteiger charge is -2.35. The van der Waals surface area contributed by atoms with Gasteiger partial charge in [0.2, 0.25) is 0 Å². The predicted molar refractivity (Wildman–Crippen MR) is 109 cm³/mol. The number of rotatable bonds is 6. The second-order valence-corrected chi connectivity index (χ2v) is 10.1. The van der Waals surface area contributed by atoms with Crippen molar-refractivity contribution in [2.45, 2.75) is 57.1 Å². The lowest BCUT2D eigenvalue weighted by atomic mass is 9.93. The molecule has 3 rings (SSSR count). The van der Waals surface area contributed by atoms with E-state index >= 15 is 0 Å². The summed E-state index contributed by atoms with van der Waals surface area (Å²) in [6.45, 7) is 8.01. The van der Waals surface area contributed by atoms with Gasteiger partial charge in [-0.1, -0.05) is 24.3 Å². The van der Waals surface area contributed by atoms with Crippen LogP contribution in [0.3, 0.4) is 0 Å². The van der Waals surface area contributed by atoms with Gasteiger partial charge in [-0.2, -0.15) is 0 Å². The van der Waals surface area contributed by atoms with Crippen LogP contribution in [0.4, 0.5) is 0 Å². The molecule has 2 aromatic carbocycles. The van der Waals surface area contributed by atoms with Gasteiger partial charge in [-0.3, -0.25) is 4.90 Å². The van der Waals surface area contributed by atoms with E-state index in [0.29, 0.717) is 11.4 Å². The Morgan fingerprint density at radius 3 is 2.56 bits per heavy atom. The molecule has 0 aromatic heterocycles. The van der Waals surface area contributed by atoms with Gasteiger partial charge in [0.25, 0.3) is 0 Å². The molecule has 0 atom stereocenters. The van der Waals surface area contributed by atoms with Crippen LogP contribution in [-0.2, 0) is 29.3 Å². The van der Waals surface area contributed by atoms with Gasteiger partial charge < -0.3 is 4.74 Å². The first-order valence-corrected chi connectivity index (χ1v) is 11.2. The second-order valence-electron chi connectivity index (χ2n) is 8.14. The molecule has 1 heterocycles. The molecule has 1 aliphatic heterocycles. The highest BCUT2D eigenvalue weighted by Crippen LogP contribution is 2.35. The Labute approximate surface area is 163 Å². The lowest BCUT2D eigenvalue weighted by molar-refractivity contribution is 0.109. The second kappa shape index (κ2) is 7.28. The molecule has 0 radical (unpaired) electrons. The molecule has 5 heteroatoms. The van der Waals surface area contributed by atoms with Gasteiger partial charge in [0.1, 0.15) is 5.75 Å². The topological polar surface area (TPSA) is 46.6 Å². The molecule has 4 nitrogen and oxygen atoms in total. The summed E-state index contributed by atoms with van der Waals surface area (Å²) in [7, 11) is -1.50. The number of aryl methyl sites for hydroxylation is 2. The quantitative estimate of drug-likeness (QED) is 0.748. The average Bonchev–Trinajstić information content (AvgIpc) is 3.05.